The SMILES string of the molecule is CCN(CC)CCn1ccc(C(C)N)c1. The topological polar surface area (TPSA) is 34.2 Å². The molecule has 0 aromatic carbocycles. The molecule has 0 bridgehead atoms. The number of nitrogens with zero attached hydrogens (tertiary/aromatic N) is 2. The molecule has 0 saturated carbocycles. The first-order valence-electron chi connectivity index (χ1n) is 5.81. The van der Waals surface area contributed by atoms with Gasteiger partial charge in [-0.1, -0.05) is 13.8 Å². The van der Waals surface area contributed by atoms with Gasteiger partial charge in [0.05, 0.1) is 0 Å². The van der Waals surface area contributed by atoms with Crippen LogP contribution in [-0.4, -0.2) is 29.1 Å². The van der Waals surface area contributed by atoms with Crippen molar-refractivity contribution >= 4 is 0 Å². The zero-order chi connectivity index (χ0) is 11.3. The quantitative estimate of drug-likeness (QED) is 0.776. The fraction of sp³-hybridized carbons (Fsp3) is 0.667. The van der Waals surface area contributed by atoms with Crippen molar-refractivity contribution in [2.45, 2.75) is 33.4 Å². The fourth-order valence-corrected chi connectivity index (χ4v) is 1.66. The van der Waals surface area contributed by atoms with Gasteiger partial charge in [-0.2, -0.15) is 0 Å². The van der Waals surface area contributed by atoms with E-state index in [4.69, 9.17) is 5.73 Å². The van der Waals surface area contributed by atoms with Crippen LogP contribution in [0.5, 0.6) is 0 Å². The number of nitrogens with two attached hydrogens (primary N) is 1. The Balaban J connectivity index is 2.43. The number of hydrogen-bond acceptors (Lipinski definition) is 2. The Labute approximate surface area is 92.9 Å². The van der Waals surface area contributed by atoms with Gasteiger partial charge in [-0.25, -0.2) is 0 Å². The summed E-state index contributed by atoms with van der Waals surface area (Å²) in [6.45, 7) is 10.8. The van der Waals surface area contributed by atoms with Crippen LogP contribution in [0.15, 0.2) is 18.5 Å². The van der Waals surface area contributed by atoms with E-state index in [1.807, 2.05) is 6.92 Å². The summed E-state index contributed by atoms with van der Waals surface area (Å²) in [6.07, 6.45) is 4.26. The molecular weight excluding hydrogens is 186 g/mol. The molecule has 15 heavy (non-hydrogen) atoms. The van der Waals surface area contributed by atoms with Crippen LogP contribution in [0.2, 0.25) is 0 Å². The minimum Gasteiger partial charge on any atom is -0.353 e. The van der Waals surface area contributed by atoms with E-state index in [-0.39, 0.29) is 6.04 Å². The number of hydrogen-bond donors (Lipinski definition) is 1. The van der Waals surface area contributed by atoms with Gasteiger partial charge in [0.2, 0.25) is 0 Å². The molecule has 0 spiro atoms. The predicted octanol–water partition coefficient (Wildman–Crippen LogP) is 1.85. The lowest BCUT2D eigenvalue weighted by Crippen LogP contribution is -2.26. The normalized spacial score (nSPS) is 13.4. The maximum atomic E-state index is 5.81. The summed E-state index contributed by atoms with van der Waals surface area (Å²) in [5.41, 5.74) is 7.03. The van der Waals surface area contributed by atoms with E-state index in [9.17, 15) is 0 Å². The van der Waals surface area contributed by atoms with Gasteiger partial charge in [0, 0.05) is 31.5 Å². The Bertz CT molecular complexity index is 274. The molecule has 3 heteroatoms. The van der Waals surface area contributed by atoms with Crippen molar-refractivity contribution in [3.05, 3.63) is 24.0 Å². The monoisotopic (exact) mass is 209 g/mol. The van der Waals surface area contributed by atoms with Gasteiger partial charge < -0.3 is 15.2 Å². The first kappa shape index (κ1) is 12.3. The molecule has 0 radical (unpaired) electrons. The molecular formula is C12H23N3. The van der Waals surface area contributed by atoms with E-state index < -0.39 is 0 Å². The smallest absolute Gasteiger partial charge is 0.0347 e. The van der Waals surface area contributed by atoms with Gasteiger partial charge in [-0.3, -0.25) is 0 Å². The second kappa shape index (κ2) is 5.93. The molecule has 1 aromatic heterocycles. The number of rotatable bonds is 6. The highest BCUT2D eigenvalue weighted by Crippen LogP contribution is 2.09. The Morgan fingerprint density at radius 2 is 2.07 bits per heavy atom. The highest BCUT2D eigenvalue weighted by Gasteiger charge is 2.02. The van der Waals surface area contributed by atoms with Crippen molar-refractivity contribution in [3.8, 4) is 0 Å². The van der Waals surface area contributed by atoms with Crippen molar-refractivity contribution in [2.24, 2.45) is 5.73 Å². The Morgan fingerprint density at radius 1 is 1.40 bits per heavy atom. The summed E-state index contributed by atoms with van der Waals surface area (Å²) in [6, 6.07) is 2.24. The average molecular weight is 209 g/mol. The lowest BCUT2D eigenvalue weighted by Gasteiger charge is -2.18. The molecule has 2 N–H and O–H groups in total. The van der Waals surface area contributed by atoms with Crippen molar-refractivity contribution in [1.82, 2.24) is 9.47 Å². The van der Waals surface area contributed by atoms with E-state index in [0.29, 0.717) is 0 Å². The average Bonchev–Trinajstić information content (AvgIpc) is 2.68. The molecule has 1 heterocycles. The molecule has 0 amide bonds. The van der Waals surface area contributed by atoms with Gasteiger partial charge in [-0.15, -0.1) is 0 Å². The van der Waals surface area contributed by atoms with Gasteiger partial charge >= 0.3 is 0 Å². The third-order valence-electron chi connectivity index (χ3n) is 2.87. The van der Waals surface area contributed by atoms with Gasteiger partial charge in [-0.05, 0) is 31.6 Å². The molecule has 1 unspecified atom stereocenters. The maximum absolute atomic E-state index is 5.81. The van der Waals surface area contributed by atoms with Crippen LogP contribution in [0.25, 0.3) is 0 Å². The lowest BCUT2D eigenvalue weighted by molar-refractivity contribution is 0.290. The first-order chi connectivity index (χ1) is 7.17. The third-order valence-corrected chi connectivity index (χ3v) is 2.87. The highest BCUT2D eigenvalue weighted by atomic mass is 15.1. The summed E-state index contributed by atoms with van der Waals surface area (Å²) >= 11 is 0. The van der Waals surface area contributed by atoms with Crippen LogP contribution in [0.4, 0.5) is 0 Å². The summed E-state index contributed by atoms with van der Waals surface area (Å²) in [7, 11) is 0. The van der Waals surface area contributed by atoms with E-state index in [0.717, 1.165) is 26.2 Å². The molecule has 0 aliphatic heterocycles. The van der Waals surface area contributed by atoms with Crippen LogP contribution in [0.3, 0.4) is 0 Å². The maximum Gasteiger partial charge on any atom is 0.0347 e. The van der Waals surface area contributed by atoms with Gasteiger partial charge in [0.15, 0.2) is 0 Å². The molecule has 1 atom stereocenters. The van der Waals surface area contributed by atoms with Crippen molar-refractivity contribution in [1.29, 1.82) is 0 Å². The molecule has 0 aliphatic rings. The van der Waals surface area contributed by atoms with Crippen molar-refractivity contribution < 1.29 is 0 Å². The minimum atomic E-state index is 0.139. The molecule has 1 aromatic rings. The molecule has 86 valence electrons. The van der Waals surface area contributed by atoms with Crippen molar-refractivity contribution in [3.63, 3.8) is 0 Å². The summed E-state index contributed by atoms with van der Waals surface area (Å²) in [5, 5.41) is 0. The van der Waals surface area contributed by atoms with E-state index in [1.54, 1.807) is 0 Å². The highest BCUT2D eigenvalue weighted by molar-refractivity contribution is 5.13. The van der Waals surface area contributed by atoms with Crippen LogP contribution < -0.4 is 5.73 Å². The van der Waals surface area contributed by atoms with Crippen LogP contribution in [0, 0.1) is 0 Å². The fourth-order valence-electron chi connectivity index (χ4n) is 1.66. The van der Waals surface area contributed by atoms with E-state index in [2.05, 4.69) is 41.8 Å². The third kappa shape index (κ3) is 3.68. The lowest BCUT2D eigenvalue weighted by atomic mass is 10.2. The Kier molecular flexibility index (Phi) is 4.85. The van der Waals surface area contributed by atoms with Crippen molar-refractivity contribution in [2.75, 3.05) is 19.6 Å². The number of aromatic nitrogens is 1. The van der Waals surface area contributed by atoms with Gasteiger partial charge in [0.1, 0.15) is 0 Å². The van der Waals surface area contributed by atoms with E-state index >= 15 is 0 Å². The molecule has 0 aliphatic carbocycles. The second-order valence-electron chi connectivity index (χ2n) is 4.00. The molecule has 0 fully saturated rings. The summed E-state index contributed by atoms with van der Waals surface area (Å²) < 4.78 is 2.22. The van der Waals surface area contributed by atoms with Crippen LogP contribution in [0.1, 0.15) is 32.4 Å². The minimum absolute atomic E-state index is 0.139. The zero-order valence-electron chi connectivity index (χ0n) is 10.1. The Morgan fingerprint density at radius 3 is 2.53 bits per heavy atom. The predicted molar refractivity (Wildman–Crippen MR) is 64.8 cm³/mol. The summed E-state index contributed by atoms with van der Waals surface area (Å²) in [4.78, 5) is 2.42. The standard InChI is InChI=1S/C12H23N3/c1-4-14(5-2)8-9-15-7-6-12(10-15)11(3)13/h6-7,10-11H,4-5,8-9,13H2,1-3H3. The van der Waals surface area contributed by atoms with E-state index in [1.165, 1.54) is 5.56 Å². The van der Waals surface area contributed by atoms with Gasteiger partial charge in [0.25, 0.3) is 0 Å². The second-order valence-corrected chi connectivity index (χ2v) is 4.00. The molecule has 0 saturated heterocycles. The largest absolute Gasteiger partial charge is 0.353 e. The molecule has 3 nitrogen and oxygen atoms in total. The first-order valence-corrected chi connectivity index (χ1v) is 5.81. The zero-order valence-corrected chi connectivity index (χ0v) is 10.1. The Hall–Kier alpha value is -0.800. The number of likely N-dealkylation sites (N-methyl/N-ethyl adjacent to an activating group) is 1. The summed E-state index contributed by atoms with van der Waals surface area (Å²) in [5.74, 6) is 0. The van der Waals surface area contributed by atoms with Crippen LogP contribution in [-0.2, 0) is 6.54 Å². The molecule has 1 rings (SSSR count). The van der Waals surface area contributed by atoms with Crippen LogP contribution >= 0.6 is 0 Å².